The van der Waals surface area contributed by atoms with Gasteiger partial charge in [0.05, 0.1) is 0 Å². The molecule has 2 aromatic rings. The molecule has 0 aliphatic carbocycles. The first-order valence-electron chi connectivity index (χ1n) is 4.92. The van der Waals surface area contributed by atoms with E-state index in [9.17, 15) is 9.90 Å². The van der Waals surface area contributed by atoms with Gasteiger partial charge in [-0.1, -0.05) is 25.6 Å². The molecule has 0 radical (unpaired) electrons. The van der Waals surface area contributed by atoms with Crippen LogP contribution in [-0.4, -0.2) is 20.8 Å². The molecule has 0 unspecified atom stereocenters. The van der Waals surface area contributed by atoms with Gasteiger partial charge in [-0.25, -0.2) is 4.98 Å². The number of rotatable bonds is 3. The number of nitrogens with one attached hydrogen (secondary N) is 1. The van der Waals surface area contributed by atoms with E-state index in [1.165, 1.54) is 17.4 Å². The van der Waals surface area contributed by atoms with Gasteiger partial charge in [0.25, 0.3) is 5.56 Å². The highest BCUT2D eigenvalue weighted by molar-refractivity contribution is 8.01. The molecule has 0 bridgehead atoms. The van der Waals surface area contributed by atoms with E-state index in [-0.39, 0.29) is 11.3 Å². The topological polar surface area (TPSA) is 66.0 Å². The predicted octanol–water partition coefficient (Wildman–Crippen LogP) is 2.44. The summed E-state index contributed by atoms with van der Waals surface area (Å²) in [6.45, 7) is 4.28. The van der Waals surface area contributed by atoms with Crippen molar-refractivity contribution in [3.63, 3.8) is 0 Å². The average molecular weight is 256 g/mol. The second-order valence-corrected chi connectivity index (χ2v) is 6.15. The number of H-pyrrole nitrogens is 1. The number of thiazole rings is 1. The minimum Gasteiger partial charge on any atom is -0.506 e. The molecule has 0 amide bonds. The maximum absolute atomic E-state index is 11.1. The maximum Gasteiger partial charge on any atom is 0.253 e. The van der Waals surface area contributed by atoms with Crippen LogP contribution in [0.15, 0.2) is 15.2 Å². The molecule has 16 heavy (non-hydrogen) atoms. The fourth-order valence-electron chi connectivity index (χ4n) is 1.20. The highest BCUT2D eigenvalue weighted by atomic mass is 32.2. The summed E-state index contributed by atoms with van der Waals surface area (Å²) in [5, 5.41) is 9.58. The average Bonchev–Trinajstić information content (AvgIpc) is 2.57. The molecule has 2 N–H and O–H groups in total. The van der Waals surface area contributed by atoms with Gasteiger partial charge in [0, 0.05) is 11.8 Å². The largest absolute Gasteiger partial charge is 0.506 e. The van der Waals surface area contributed by atoms with Gasteiger partial charge in [-0.3, -0.25) is 4.79 Å². The van der Waals surface area contributed by atoms with Crippen LogP contribution in [0.25, 0.3) is 10.3 Å². The van der Waals surface area contributed by atoms with Gasteiger partial charge >= 0.3 is 0 Å². The number of aromatic nitrogens is 2. The van der Waals surface area contributed by atoms with Crippen molar-refractivity contribution in [1.29, 1.82) is 0 Å². The lowest BCUT2D eigenvalue weighted by Crippen LogP contribution is -2.02. The molecular weight excluding hydrogens is 244 g/mol. The highest BCUT2D eigenvalue weighted by Crippen LogP contribution is 2.33. The van der Waals surface area contributed by atoms with Gasteiger partial charge < -0.3 is 10.1 Å². The van der Waals surface area contributed by atoms with Gasteiger partial charge in [-0.15, -0.1) is 11.3 Å². The molecule has 86 valence electrons. The molecule has 0 fully saturated rings. The fourth-order valence-corrected chi connectivity index (χ4v) is 3.19. The summed E-state index contributed by atoms with van der Waals surface area (Å²) in [5.74, 6) is 1.57. The summed E-state index contributed by atoms with van der Waals surface area (Å²) in [5.41, 5.74) is 0.150. The van der Waals surface area contributed by atoms with E-state index < -0.39 is 0 Å². The number of fused-ring (bicyclic) bond motifs is 1. The molecular formula is C10H12N2O2S2. The van der Waals surface area contributed by atoms with Crippen molar-refractivity contribution in [3.8, 4) is 5.75 Å². The number of aromatic hydroxyl groups is 1. The monoisotopic (exact) mass is 256 g/mol. The lowest BCUT2D eigenvalue weighted by atomic mass is 10.3. The van der Waals surface area contributed by atoms with Crippen molar-refractivity contribution in [2.45, 2.75) is 18.2 Å². The molecule has 0 saturated heterocycles. The van der Waals surface area contributed by atoms with Crippen LogP contribution in [0.1, 0.15) is 13.8 Å². The van der Waals surface area contributed by atoms with E-state index in [2.05, 4.69) is 23.8 Å². The van der Waals surface area contributed by atoms with Gasteiger partial charge in [-0.05, 0) is 5.92 Å². The lowest BCUT2D eigenvalue weighted by molar-refractivity contribution is 0.481. The Morgan fingerprint density at radius 1 is 1.62 bits per heavy atom. The van der Waals surface area contributed by atoms with Crippen LogP contribution >= 0.6 is 23.1 Å². The van der Waals surface area contributed by atoms with Crippen molar-refractivity contribution in [2.75, 3.05) is 5.75 Å². The van der Waals surface area contributed by atoms with Crippen molar-refractivity contribution in [3.05, 3.63) is 16.4 Å². The Morgan fingerprint density at radius 3 is 3.06 bits per heavy atom. The molecule has 0 saturated carbocycles. The smallest absolute Gasteiger partial charge is 0.253 e. The standard InChI is InChI=1S/C10H12N2O2S2/c1-5(2)4-15-10-12-9-8(16-10)6(13)3-7(14)11-9/h3,5H,4H2,1-2H3,(H2,11,13,14). The number of pyridine rings is 1. The van der Waals surface area contributed by atoms with Crippen molar-refractivity contribution in [2.24, 2.45) is 5.92 Å². The third kappa shape index (κ3) is 2.38. The molecule has 2 heterocycles. The van der Waals surface area contributed by atoms with Crippen LogP contribution in [0, 0.1) is 5.92 Å². The second kappa shape index (κ2) is 4.47. The van der Waals surface area contributed by atoms with Crippen LogP contribution < -0.4 is 5.56 Å². The summed E-state index contributed by atoms with van der Waals surface area (Å²) < 4.78 is 1.52. The molecule has 4 nitrogen and oxygen atoms in total. The number of nitrogens with zero attached hydrogens (tertiary/aromatic N) is 1. The Kier molecular flexibility index (Phi) is 3.20. The normalized spacial score (nSPS) is 11.4. The van der Waals surface area contributed by atoms with Gasteiger partial charge in [0.1, 0.15) is 10.4 Å². The van der Waals surface area contributed by atoms with Crippen LogP contribution in [0.2, 0.25) is 0 Å². The zero-order valence-electron chi connectivity index (χ0n) is 8.98. The molecule has 6 heteroatoms. The zero-order valence-corrected chi connectivity index (χ0v) is 10.6. The number of thioether (sulfide) groups is 1. The lowest BCUT2D eigenvalue weighted by Gasteiger charge is -1.99. The molecule has 0 aliphatic heterocycles. The van der Waals surface area contributed by atoms with Crippen molar-refractivity contribution < 1.29 is 5.11 Å². The Bertz CT molecular complexity index is 559. The van der Waals surface area contributed by atoms with E-state index in [1.54, 1.807) is 11.8 Å². The van der Waals surface area contributed by atoms with E-state index in [4.69, 9.17) is 0 Å². The summed E-state index contributed by atoms with van der Waals surface area (Å²) in [7, 11) is 0. The van der Waals surface area contributed by atoms with Gasteiger partial charge in [0.2, 0.25) is 0 Å². The molecule has 0 atom stereocenters. The molecule has 0 aromatic carbocycles. The summed E-state index contributed by atoms with van der Waals surface area (Å²) in [6.07, 6.45) is 0. The van der Waals surface area contributed by atoms with E-state index in [0.29, 0.717) is 16.3 Å². The zero-order chi connectivity index (χ0) is 11.7. The first-order valence-corrected chi connectivity index (χ1v) is 6.72. The molecule has 2 aromatic heterocycles. The van der Waals surface area contributed by atoms with E-state index in [1.807, 2.05) is 0 Å². The predicted molar refractivity (Wildman–Crippen MR) is 67.5 cm³/mol. The van der Waals surface area contributed by atoms with Crippen LogP contribution in [0.4, 0.5) is 0 Å². The van der Waals surface area contributed by atoms with Crippen LogP contribution in [-0.2, 0) is 0 Å². The van der Waals surface area contributed by atoms with Crippen LogP contribution in [0.3, 0.4) is 0 Å². The Hall–Kier alpha value is -1.01. The number of aromatic amines is 1. The minimum absolute atomic E-state index is 0.00708. The molecule has 0 spiro atoms. The maximum atomic E-state index is 11.1. The Morgan fingerprint density at radius 2 is 2.38 bits per heavy atom. The summed E-state index contributed by atoms with van der Waals surface area (Å²) in [6, 6.07) is 1.18. The van der Waals surface area contributed by atoms with Crippen LogP contribution in [0.5, 0.6) is 5.75 Å². The van der Waals surface area contributed by atoms with E-state index >= 15 is 0 Å². The van der Waals surface area contributed by atoms with Gasteiger partial charge in [-0.2, -0.15) is 0 Å². The Balaban J connectivity index is 2.36. The van der Waals surface area contributed by atoms with Crippen molar-refractivity contribution >= 4 is 33.4 Å². The number of hydrogen-bond donors (Lipinski definition) is 2. The van der Waals surface area contributed by atoms with Gasteiger partial charge in [0.15, 0.2) is 9.99 Å². The van der Waals surface area contributed by atoms with E-state index in [0.717, 1.165) is 10.1 Å². The SMILES string of the molecule is CC(C)CSc1nc2[nH]c(=O)cc(O)c2s1. The summed E-state index contributed by atoms with van der Waals surface area (Å²) in [4.78, 5) is 18.0. The molecule has 2 rings (SSSR count). The molecule has 0 aliphatic rings. The quantitative estimate of drug-likeness (QED) is 0.828. The summed E-state index contributed by atoms with van der Waals surface area (Å²) >= 11 is 3.05. The minimum atomic E-state index is -0.323. The Labute approximate surface area is 101 Å². The second-order valence-electron chi connectivity index (χ2n) is 3.88. The third-order valence-corrected chi connectivity index (χ3v) is 4.54. The third-order valence-electron chi connectivity index (χ3n) is 1.89. The first-order chi connectivity index (χ1) is 7.56. The highest BCUT2D eigenvalue weighted by Gasteiger charge is 2.10. The van der Waals surface area contributed by atoms with Crippen molar-refractivity contribution in [1.82, 2.24) is 9.97 Å². The first kappa shape index (κ1) is 11.5. The number of hydrogen-bond acceptors (Lipinski definition) is 5. The fraction of sp³-hybridized carbons (Fsp3) is 0.400.